The van der Waals surface area contributed by atoms with Gasteiger partial charge in [-0.1, -0.05) is 0 Å². The first-order chi connectivity index (χ1) is 6.61. The van der Waals surface area contributed by atoms with Crippen molar-refractivity contribution < 1.29 is 15.1 Å². The average Bonchev–Trinajstić information content (AvgIpc) is 2.18. The monoisotopic (exact) mass is 216 g/mol. The van der Waals surface area contributed by atoms with Crippen LogP contribution in [0.15, 0.2) is 0 Å². The van der Waals surface area contributed by atoms with Gasteiger partial charge < -0.3 is 15.2 Å². The van der Waals surface area contributed by atoms with Crippen molar-refractivity contribution in [2.75, 3.05) is 6.54 Å². The van der Waals surface area contributed by atoms with Gasteiger partial charge in [-0.3, -0.25) is 4.79 Å². The molecule has 5 heteroatoms. The minimum Gasteiger partial charge on any atom is -0.392 e. The Bertz CT molecular complexity index is 274. The third-order valence-electron chi connectivity index (χ3n) is 2.92. The smallest absolute Gasteiger partial charge is 0.246 e. The van der Waals surface area contributed by atoms with Gasteiger partial charge in [-0.25, -0.2) is 0 Å². The highest BCUT2D eigenvalue weighted by atomic mass is 16.5. The van der Waals surface area contributed by atoms with E-state index in [0.717, 1.165) is 5.06 Å². The second kappa shape index (κ2) is 3.43. The first-order valence-corrected chi connectivity index (χ1v) is 5.11. The highest BCUT2D eigenvalue weighted by Crippen LogP contribution is 2.36. The highest BCUT2D eigenvalue weighted by Gasteiger charge is 2.56. The molecule has 0 spiro atoms. The van der Waals surface area contributed by atoms with Crippen molar-refractivity contribution in [1.82, 2.24) is 9.96 Å². The van der Waals surface area contributed by atoms with Crippen LogP contribution in [0.2, 0.25) is 0 Å². The van der Waals surface area contributed by atoms with E-state index >= 15 is 0 Å². The van der Waals surface area contributed by atoms with Gasteiger partial charge in [0.15, 0.2) is 0 Å². The predicted molar refractivity (Wildman–Crippen MR) is 55.2 cm³/mol. The van der Waals surface area contributed by atoms with Gasteiger partial charge in [0.1, 0.15) is 11.2 Å². The van der Waals surface area contributed by atoms with Crippen LogP contribution in [0.1, 0.15) is 34.6 Å². The zero-order valence-electron chi connectivity index (χ0n) is 9.98. The summed E-state index contributed by atoms with van der Waals surface area (Å²) in [6.45, 7) is 8.69. The summed E-state index contributed by atoms with van der Waals surface area (Å²) in [5, 5.41) is 20.3. The topological polar surface area (TPSA) is 64.0 Å². The second-order valence-corrected chi connectivity index (χ2v) is 5.13. The molecule has 0 aromatic rings. The molecule has 1 atom stereocenters. The van der Waals surface area contributed by atoms with Crippen LogP contribution in [0.5, 0.6) is 0 Å². The molecular weight excluding hydrogens is 196 g/mol. The summed E-state index contributed by atoms with van der Waals surface area (Å²) < 4.78 is 0. The summed E-state index contributed by atoms with van der Waals surface area (Å²) in [5.41, 5.74) is -1.71. The minimum atomic E-state index is -0.932. The Labute approximate surface area is 90.2 Å². The first kappa shape index (κ1) is 12.4. The Morgan fingerprint density at radius 2 is 1.80 bits per heavy atom. The number of carbonyl (C=O) groups is 1. The van der Waals surface area contributed by atoms with Crippen molar-refractivity contribution in [2.45, 2.75) is 51.9 Å². The molecule has 1 saturated heterocycles. The zero-order valence-corrected chi connectivity index (χ0v) is 9.98. The van der Waals surface area contributed by atoms with Crippen LogP contribution in [0.4, 0.5) is 0 Å². The SMILES string of the molecule is CC(O)CN1C(=O)C(C)(C)N(O)C1(C)C. The van der Waals surface area contributed by atoms with Gasteiger partial charge in [0, 0.05) is 6.54 Å². The number of aliphatic hydroxyl groups is 1. The van der Waals surface area contributed by atoms with E-state index < -0.39 is 17.3 Å². The van der Waals surface area contributed by atoms with Gasteiger partial charge in [0.05, 0.1) is 6.10 Å². The summed E-state index contributed by atoms with van der Waals surface area (Å²) >= 11 is 0. The summed E-state index contributed by atoms with van der Waals surface area (Å²) in [6.07, 6.45) is -0.601. The Balaban J connectivity index is 3.03. The van der Waals surface area contributed by atoms with Gasteiger partial charge in [-0.05, 0) is 34.6 Å². The fraction of sp³-hybridized carbons (Fsp3) is 0.900. The third kappa shape index (κ3) is 1.75. The largest absolute Gasteiger partial charge is 0.392 e. The van der Waals surface area contributed by atoms with E-state index in [1.807, 2.05) is 0 Å². The molecule has 0 aliphatic carbocycles. The fourth-order valence-electron chi connectivity index (χ4n) is 2.04. The Morgan fingerprint density at radius 1 is 1.33 bits per heavy atom. The number of hydrogen-bond donors (Lipinski definition) is 2. The molecule has 1 unspecified atom stereocenters. The Kier molecular flexibility index (Phi) is 2.84. The van der Waals surface area contributed by atoms with Crippen LogP contribution in [0.3, 0.4) is 0 Å². The molecule has 1 rings (SSSR count). The van der Waals surface area contributed by atoms with Crippen molar-refractivity contribution in [2.24, 2.45) is 0 Å². The van der Waals surface area contributed by atoms with Gasteiger partial charge in [-0.2, -0.15) is 5.06 Å². The van der Waals surface area contributed by atoms with Crippen molar-refractivity contribution in [3.63, 3.8) is 0 Å². The lowest BCUT2D eigenvalue weighted by atomic mass is 10.1. The molecule has 5 nitrogen and oxygen atoms in total. The van der Waals surface area contributed by atoms with Crippen LogP contribution >= 0.6 is 0 Å². The number of nitrogens with zero attached hydrogens (tertiary/aromatic N) is 2. The quantitative estimate of drug-likeness (QED) is 0.702. The number of hydroxylamine groups is 2. The summed E-state index contributed by atoms with van der Waals surface area (Å²) in [4.78, 5) is 13.5. The molecule has 1 aliphatic rings. The van der Waals surface area contributed by atoms with E-state index in [9.17, 15) is 15.1 Å². The summed E-state index contributed by atoms with van der Waals surface area (Å²) in [6, 6.07) is 0. The number of hydrogen-bond acceptors (Lipinski definition) is 4. The molecule has 1 heterocycles. The molecule has 88 valence electrons. The first-order valence-electron chi connectivity index (χ1n) is 5.11. The summed E-state index contributed by atoms with van der Waals surface area (Å²) in [5.74, 6) is -0.170. The van der Waals surface area contributed by atoms with Gasteiger partial charge in [0.2, 0.25) is 5.91 Å². The predicted octanol–water partition coefficient (Wildman–Crippen LogP) is 0.415. The van der Waals surface area contributed by atoms with E-state index in [1.54, 1.807) is 34.6 Å². The Hall–Kier alpha value is -0.650. The molecule has 2 N–H and O–H groups in total. The number of aliphatic hydroxyl groups excluding tert-OH is 1. The molecule has 0 radical (unpaired) electrons. The fourth-order valence-corrected chi connectivity index (χ4v) is 2.04. The highest BCUT2D eigenvalue weighted by molar-refractivity contribution is 5.88. The molecule has 1 amide bonds. The lowest BCUT2D eigenvalue weighted by Gasteiger charge is -2.36. The molecule has 1 aliphatic heterocycles. The van der Waals surface area contributed by atoms with E-state index in [0.29, 0.717) is 0 Å². The van der Waals surface area contributed by atoms with Crippen molar-refractivity contribution in [3.05, 3.63) is 0 Å². The van der Waals surface area contributed by atoms with E-state index in [-0.39, 0.29) is 12.5 Å². The van der Waals surface area contributed by atoms with Crippen molar-refractivity contribution in [3.8, 4) is 0 Å². The molecule has 0 aromatic carbocycles. The van der Waals surface area contributed by atoms with Crippen LogP contribution in [0.25, 0.3) is 0 Å². The van der Waals surface area contributed by atoms with E-state index in [2.05, 4.69) is 0 Å². The normalized spacial score (nSPS) is 27.1. The average molecular weight is 216 g/mol. The number of carbonyl (C=O) groups excluding carboxylic acids is 1. The lowest BCUT2D eigenvalue weighted by molar-refractivity contribution is -0.211. The van der Waals surface area contributed by atoms with Gasteiger partial charge >= 0.3 is 0 Å². The molecular formula is C10H20N2O3. The van der Waals surface area contributed by atoms with Crippen molar-refractivity contribution >= 4 is 5.91 Å². The third-order valence-corrected chi connectivity index (χ3v) is 2.92. The minimum absolute atomic E-state index is 0.170. The van der Waals surface area contributed by atoms with E-state index in [1.165, 1.54) is 4.90 Å². The molecule has 1 fully saturated rings. The maximum Gasteiger partial charge on any atom is 0.246 e. The second-order valence-electron chi connectivity index (χ2n) is 5.13. The molecule has 15 heavy (non-hydrogen) atoms. The maximum absolute atomic E-state index is 12.0. The molecule has 0 bridgehead atoms. The maximum atomic E-state index is 12.0. The van der Waals surface area contributed by atoms with Crippen LogP contribution in [0, 0.1) is 0 Å². The number of β-amino-alcohol motifs (C(OH)–C–C–N with tert-alkyl or cyclic N) is 1. The summed E-state index contributed by atoms with van der Waals surface area (Å²) in [7, 11) is 0. The van der Waals surface area contributed by atoms with Crippen molar-refractivity contribution in [1.29, 1.82) is 0 Å². The number of rotatable bonds is 2. The number of amides is 1. The van der Waals surface area contributed by atoms with Crippen LogP contribution in [-0.4, -0.2) is 50.0 Å². The standard InChI is InChI=1S/C10H20N2O3/c1-7(13)6-11-8(14)9(2,3)12(15)10(11,4)5/h7,13,15H,6H2,1-5H3. The lowest BCUT2D eigenvalue weighted by Crippen LogP contribution is -2.51. The van der Waals surface area contributed by atoms with Crippen LogP contribution < -0.4 is 0 Å². The molecule has 0 aromatic heterocycles. The van der Waals surface area contributed by atoms with Crippen LogP contribution in [-0.2, 0) is 4.79 Å². The van der Waals surface area contributed by atoms with Gasteiger partial charge in [0.25, 0.3) is 0 Å². The zero-order chi connectivity index (χ0) is 12.0. The van der Waals surface area contributed by atoms with Gasteiger partial charge in [-0.15, -0.1) is 0 Å². The van der Waals surface area contributed by atoms with E-state index in [4.69, 9.17) is 0 Å². The molecule has 0 saturated carbocycles. The Morgan fingerprint density at radius 3 is 2.07 bits per heavy atom.